The van der Waals surface area contributed by atoms with Gasteiger partial charge < -0.3 is 10.2 Å². The SMILES string of the molecule is C[C@H]1c2ccsc2CC[NH+]1CC(=O)Nc1ccccc1. The fraction of sp³-hybridized carbons (Fsp3) is 0.312. The normalized spacial score (nSPS) is 21.2. The summed E-state index contributed by atoms with van der Waals surface area (Å²) in [6.07, 6.45) is 1.09. The largest absolute Gasteiger partial charge is 0.321 e. The number of fused-ring (bicyclic) bond motifs is 1. The second-order valence-corrected chi connectivity index (χ2v) is 6.27. The average Bonchev–Trinajstić information content (AvgIpc) is 2.92. The van der Waals surface area contributed by atoms with Crippen LogP contribution in [0.5, 0.6) is 0 Å². The fourth-order valence-corrected chi connectivity index (χ4v) is 3.80. The molecular weight excluding hydrogens is 268 g/mol. The van der Waals surface area contributed by atoms with E-state index in [1.54, 1.807) is 0 Å². The molecule has 20 heavy (non-hydrogen) atoms. The van der Waals surface area contributed by atoms with Gasteiger partial charge in [0, 0.05) is 22.5 Å². The Morgan fingerprint density at radius 1 is 1.35 bits per heavy atom. The molecule has 0 saturated heterocycles. The summed E-state index contributed by atoms with van der Waals surface area (Å²) in [7, 11) is 0. The van der Waals surface area contributed by atoms with Crippen molar-refractivity contribution in [2.45, 2.75) is 19.4 Å². The zero-order valence-corrected chi connectivity index (χ0v) is 12.4. The van der Waals surface area contributed by atoms with Crippen molar-refractivity contribution in [2.75, 3.05) is 18.4 Å². The smallest absolute Gasteiger partial charge is 0.279 e. The predicted molar refractivity (Wildman–Crippen MR) is 82.2 cm³/mol. The number of carbonyl (C=O) groups excluding carboxylic acids is 1. The first-order chi connectivity index (χ1) is 9.74. The highest BCUT2D eigenvalue weighted by Gasteiger charge is 2.29. The summed E-state index contributed by atoms with van der Waals surface area (Å²) >= 11 is 1.84. The Kier molecular flexibility index (Phi) is 3.85. The van der Waals surface area contributed by atoms with E-state index in [0.717, 1.165) is 18.7 Å². The summed E-state index contributed by atoms with van der Waals surface area (Å²) in [6.45, 7) is 3.79. The molecule has 3 nitrogen and oxygen atoms in total. The lowest BCUT2D eigenvalue weighted by molar-refractivity contribution is -0.923. The molecule has 4 heteroatoms. The van der Waals surface area contributed by atoms with Gasteiger partial charge in [0.1, 0.15) is 6.04 Å². The third-order valence-electron chi connectivity index (χ3n) is 3.98. The number of anilines is 1. The van der Waals surface area contributed by atoms with Crippen LogP contribution >= 0.6 is 11.3 Å². The number of para-hydroxylation sites is 1. The summed E-state index contributed by atoms with van der Waals surface area (Å²) in [4.78, 5) is 15.0. The first kappa shape index (κ1) is 13.3. The Morgan fingerprint density at radius 3 is 2.95 bits per heavy atom. The van der Waals surface area contributed by atoms with Gasteiger partial charge in [-0.05, 0) is 30.5 Å². The van der Waals surface area contributed by atoms with E-state index in [9.17, 15) is 4.79 Å². The van der Waals surface area contributed by atoms with Crippen LogP contribution in [0.15, 0.2) is 41.8 Å². The number of hydrogen-bond donors (Lipinski definition) is 2. The number of carbonyl (C=O) groups is 1. The van der Waals surface area contributed by atoms with Crippen molar-refractivity contribution in [3.8, 4) is 0 Å². The molecule has 0 bridgehead atoms. The fourth-order valence-electron chi connectivity index (χ4n) is 2.82. The van der Waals surface area contributed by atoms with E-state index in [2.05, 4.69) is 23.7 Å². The standard InChI is InChI=1S/C16H18N2OS/c1-12-14-8-10-20-15(14)7-9-18(12)11-16(19)17-13-5-3-2-4-6-13/h2-6,8,10,12H,7,9,11H2,1H3,(H,17,19)/p+1/t12-/m0/s1. The van der Waals surface area contributed by atoms with Gasteiger partial charge in [0.25, 0.3) is 5.91 Å². The maximum absolute atomic E-state index is 12.1. The molecule has 1 unspecified atom stereocenters. The van der Waals surface area contributed by atoms with Gasteiger partial charge in [0.05, 0.1) is 6.54 Å². The van der Waals surface area contributed by atoms with Crippen LogP contribution in [0.1, 0.15) is 23.4 Å². The van der Waals surface area contributed by atoms with Crippen LogP contribution in [-0.2, 0) is 11.2 Å². The van der Waals surface area contributed by atoms with Crippen LogP contribution in [0.25, 0.3) is 0 Å². The summed E-state index contributed by atoms with van der Waals surface area (Å²) in [5, 5.41) is 5.13. The lowest BCUT2D eigenvalue weighted by Gasteiger charge is -2.29. The summed E-state index contributed by atoms with van der Waals surface area (Å²) in [5.41, 5.74) is 2.29. The number of quaternary nitrogens is 1. The molecule has 2 N–H and O–H groups in total. The van der Waals surface area contributed by atoms with E-state index in [1.165, 1.54) is 15.3 Å². The number of nitrogens with one attached hydrogen (secondary N) is 2. The summed E-state index contributed by atoms with van der Waals surface area (Å²) < 4.78 is 0. The van der Waals surface area contributed by atoms with Gasteiger partial charge in [-0.2, -0.15) is 0 Å². The molecular formula is C16H19N2OS+. The Morgan fingerprint density at radius 2 is 2.15 bits per heavy atom. The van der Waals surface area contributed by atoms with Gasteiger partial charge in [0.15, 0.2) is 6.54 Å². The number of rotatable bonds is 3. The van der Waals surface area contributed by atoms with E-state index in [1.807, 2.05) is 41.7 Å². The van der Waals surface area contributed by atoms with Crippen LogP contribution in [0.2, 0.25) is 0 Å². The molecule has 1 aliphatic heterocycles. The van der Waals surface area contributed by atoms with Gasteiger partial charge in [-0.1, -0.05) is 18.2 Å². The van der Waals surface area contributed by atoms with Gasteiger partial charge in [-0.3, -0.25) is 4.79 Å². The quantitative estimate of drug-likeness (QED) is 0.888. The minimum atomic E-state index is 0.0942. The van der Waals surface area contributed by atoms with Gasteiger partial charge in [0.2, 0.25) is 0 Å². The zero-order chi connectivity index (χ0) is 13.9. The molecule has 2 heterocycles. The van der Waals surface area contributed by atoms with Crippen molar-refractivity contribution < 1.29 is 9.69 Å². The number of thiophene rings is 1. The molecule has 0 radical (unpaired) electrons. The molecule has 0 saturated carbocycles. The van der Waals surface area contributed by atoms with Crippen molar-refractivity contribution in [3.63, 3.8) is 0 Å². The first-order valence-corrected chi connectivity index (χ1v) is 7.88. The van der Waals surface area contributed by atoms with E-state index in [4.69, 9.17) is 0 Å². The highest BCUT2D eigenvalue weighted by atomic mass is 32.1. The molecule has 2 atom stereocenters. The van der Waals surface area contributed by atoms with Gasteiger partial charge in [-0.25, -0.2) is 0 Å². The highest BCUT2D eigenvalue weighted by Crippen LogP contribution is 2.24. The lowest BCUT2D eigenvalue weighted by Crippen LogP contribution is -3.14. The topological polar surface area (TPSA) is 33.5 Å². The van der Waals surface area contributed by atoms with Crippen LogP contribution < -0.4 is 10.2 Å². The van der Waals surface area contributed by atoms with Crippen molar-refractivity contribution in [1.29, 1.82) is 0 Å². The molecule has 104 valence electrons. The van der Waals surface area contributed by atoms with E-state index < -0.39 is 0 Å². The van der Waals surface area contributed by atoms with Gasteiger partial charge >= 0.3 is 0 Å². The molecule has 0 spiro atoms. The Labute approximate surface area is 123 Å². The molecule has 0 fully saturated rings. The van der Waals surface area contributed by atoms with Crippen LogP contribution in [0.4, 0.5) is 5.69 Å². The van der Waals surface area contributed by atoms with Crippen LogP contribution in [-0.4, -0.2) is 19.0 Å². The van der Waals surface area contributed by atoms with E-state index in [-0.39, 0.29) is 5.91 Å². The average molecular weight is 287 g/mol. The van der Waals surface area contributed by atoms with Crippen LogP contribution in [0.3, 0.4) is 0 Å². The molecule has 1 aromatic heterocycles. The molecule has 1 aliphatic rings. The monoisotopic (exact) mass is 287 g/mol. The van der Waals surface area contributed by atoms with Crippen molar-refractivity contribution >= 4 is 22.9 Å². The van der Waals surface area contributed by atoms with Gasteiger partial charge in [-0.15, -0.1) is 11.3 Å². The maximum atomic E-state index is 12.1. The highest BCUT2D eigenvalue weighted by molar-refractivity contribution is 7.10. The molecule has 2 aromatic rings. The van der Waals surface area contributed by atoms with E-state index >= 15 is 0 Å². The number of benzene rings is 1. The Hall–Kier alpha value is -1.65. The number of hydrogen-bond acceptors (Lipinski definition) is 2. The maximum Gasteiger partial charge on any atom is 0.279 e. The van der Waals surface area contributed by atoms with Crippen molar-refractivity contribution in [2.24, 2.45) is 0 Å². The van der Waals surface area contributed by atoms with Crippen molar-refractivity contribution in [3.05, 3.63) is 52.2 Å². The lowest BCUT2D eigenvalue weighted by atomic mass is 10.0. The molecule has 3 rings (SSSR count). The minimum Gasteiger partial charge on any atom is -0.321 e. The Bertz CT molecular complexity index is 594. The second kappa shape index (κ2) is 5.77. The van der Waals surface area contributed by atoms with Crippen molar-refractivity contribution in [1.82, 2.24) is 0 Å². The van der Waals surface area contributed by atoms with Crippen LogP contribution in [0, 0.1) is 0 Å². The minimum absolute atomic E-state index is 0.0942. The zero-order valence-electron chi connectivity index (χ0n) is 11.6. The molecule has 1 aromatic carbocycles. The molecule has 1 amide bonds. The molecule has 0 aliphatic carbocycles. The predicted octanol–water partition coefficient (Wildman–Crippen LogP) is 1.89. The third kappa shape index (κ3) is 2.76. The Balaban J connectivity index is 1.63. The number of amides is 1. The first-order valence-electron chi connectivity index (χ1n) is 7.00. The van der Waals surface area contributed by atoms with E-state index in [0.29, 0.717) is 12.6 Å². The summed E-state index contributed by atoms with van der Waals surface area (Å²) in [5.74, 6) is 0.0942. The third-order valence-corrected chi connectivity index (χ3v) is 4.97. The second-order valence-electron chi connectivity index (χ2n) is 5.27. The summed E-state index contributed by atoms with van der Waals surface area (Å²) in [6, 6.07) is 12.3.